The van der Waals surface area contributed by atoms with Gasteiger partial charge in [-0.1, -0.05) is 18.6 Å². The molecule has 2 aliphatic heterocycles. The Morgan fingerprint density at radius 3 is 2.76 bits per heavy atom. The number of anilines is 1. The third-order valence-corrected chi connectivity index (χ3v) is 4.96. The smallest absolute Gasteiger partial charge is 0.203 e. The third-order valence-electron chi connectivity index (χ3n) is 3.42. The molecule has 0 bridgehead atoms. The van der Waals surface area contributed by atoms with E-state index in [-0.39, 0.29) is 0 Å². The quantitative estimate of drug-likeness (QED) is 0.709. The Hall–Kier alpha value is -1.29. The van der Waals surface area contributed by atoms with Gasteiger partial charge in [0.1, 0.15) is 0 Å². The molecular formula is C13H15NO2S. The van der Waals surface area contributed by atoms with E-state index in [9.17, 15) is 8.42 Å². The fourth-order valence-corrected chi connectivity index (χ4v) is 4.06. The lowest BCUT2D eigenvalue weighted by atomic mass is 10.2. The van der Waals surface area contributed by atoms with Gasteiger partial charge in [-0.3, -0.25) is 0 Å². The Balaban J connectivity index is 2.20. The molecule has 0 radical (unpaired) electrons. The molecule has 2 aliphatic rings. The zero-order valence-electron chi connectivity index (χ0n) is 9.59. The summed E-state index contributed by atoms with van der Waals surface area (Å²) in [6.45, 7) is 0.929. The van der Waals surface area contributed by atoms with Crippen LogP contribution in [0.3, 0.4) is 0 Å². The third kappa shape index (κ3) is 1.76. The number of para-hydroxylation sites is 1. The predicted molar refractivity (Wildman–Crippen MR) is 67.5 cm³/mol. The molecule has 1 fully saturated rings. The minimum Gasteiger partial charge on any atom is -0.343 e. The van der Waals surface area contributed by atoms with E-state index in [4.69, 9.17) is 0 Å². The molecular weight excluding hydrogens is 234 g/mol. The van der Waals surface area contributed by atoms with Crippen molar-refractivity contribution >= 4 is 15.5 Å². The lowest BCUT2D eigenvalue weighted by Crippen LogP contribution is -2.27. The molecule has 0 amide bonds. The van der Waals surface area contributed by atoms with E-state index in [1.807, 2.05) is 12.1 Å². The first-order valence-electron chi connectivity index (χ1n) is 6.01. The zero-order chi connectivity index (χ0) is 11.9. The minimum absolute atomic E-state index is 0.450. The summed E-state index contributed by atoms with van der Waals surface area (Å²) in [4.78, 5) is 2.62. The van der Waals surface area contributed by atoms with Crippen molar-refractivity contribution in [2.75, 3.05) is 11.4 Å². The van der Waals surface area contributed by atoms with E-state index in [2.05, 4.69) is 4.90 Å². The molecule has 0 spiro atoms. The topological polar surface area (TPSA) is 37.4 Å². The molecule has 1 saturated heterocycles. The molecule has 0 unspecified atom stereocenters. The molecule has 0 saturated carbocycles. The van der Waals surface area contributed by atoms with E-state index in [0.29, 0.717) is 4.90 Å². The van der Waals surface area contributed by atoms with E-state index < -0.39 is 9.84 Å². The summed E-state index contributed by atoms with van der Waals surface area (Å²) in [5, 5.41) is 1.46. The summed E-state index contributed by atoms with van der Waals surface area (Å²) >= 11 is 0. The summed E-state index contributed by atoms with van der Waals surface area (Å²) in [5.74, 6) is 0. The van der Waals surface area contributed by atoms with Crippen molar-refractivity contribution in [1.29, 1.82) is 0 Å². The number of hydrogen-bond acceptors (Lipinski definition) is 3. The Bertz CT molecular complexity index is 575. The van der Waals surface area contributed by atoms with Crippen LogP contribution >= 0.6 is 0 Å². The van der Waals surface area contributed by atoms with Crippen molar-refractivity contribution < 1.29 is 8.42 Å². The van der Waals surface area contributed by atoms with Gasteiger partial charge in [0, 0.05) is 12.2 Å². The minimum atomic E-state index is -3.23. The van der Waals surface area contributed by atoms with Gasteiger partial charge in [0.15, 0.2) is 0 Å². The van der Waals surface area contributed by atoms with Gasteiger partial charge >= 0.3 is 0 Å². The maximum absolute atomic E-state index is 12.1. The van der Waals surface area contributed by atoms with Crippen LogP contribution in [0.5, 0.6) is 0 Å². The fourth-order valence-electron chi connectivity index (χ4n) is 2.59. The van der Waals surface area contributed by atoms with Crippen molar-refractivity contribution in [2.45, 2.75) is 30.6 Å². The fraction of sp³-hybridized carbons (Fsp3) is 0.385. The highest BCUT2D eigenvalue weighted by molar-refractivity contribution is 7.94. The summed E-state index contributed by atoms with van der Waals surface area (Å²) in [6.07, 6.45) is 4.26. The molecule has 17 heavy (non-hydrogen) atoms. The zero-order valence-corrected chi connectivity index (χ0v) is 10.4. The Morgan fingerprint density at radius 1 is 1.06 bits per heavy atom. The van der Waals surface area contributed by atoms with Crippen molar-refractivity contribution in [3.8, 4) is 0 Å². The van der Waals surface area contributed by atoms with Gasteiger partial charge in [-0.05, 0) is 31.4 Å². The summed E-state index contributed by atoms with van der Waals surface area (Å²) in [6, 6.07) is 7.29. The van der Waals surface area contributed by atoms with Crippen LogP contribution < -0.4 is 4.90 Å². The number of hydrogen-bond donors (Lipinski definition) is 0. The average Bonchev–Trinajstić information content (AvgIpc) is 2.54. The highest BCUT2D eigenvalue weighted by Gasteiger charge is 2.29. The molecule has 2 heterocycles. The lowest BCUT2D eigenvalue weighted by molar-refractivity contribution is 0.602. The van der Waals surface area contributed by atoms with Crippen LogP contribution in [0.1, 0.15) is 25.7 Å². The van der Waals surface area contributed by atoms with Crippen molar-refractivity contribution in [1.82, 2.24) is 0 Å². The standard InChI is InChI=1S/C13H15NO2S/c15-17(16)10-11-6-2-1-5-9-14(11)12-7-3-4-8-13(12)17/h3-4,7-8,10H,1-2,5-6,9H2. The maximum atomic E-state index is 12.1. The molecule has 1 aromatic carbocycles. The van der Waals surface area contributed by atoms with E-state index in [1.54, 1.807) is 12.1 Å². The van der Waals surface area contributed by atoms with Crippen LogP contribution in [0.15, 0.2) is 40.3 Å². The van der Waals surface area contributed by atoms with Gasteiger partial charge in [-0.15, -0.1) is 0 Å². The molecule has 1 aromatic rings. The Kier molecular flexibility index (Phi) is 2.47. The maximum Gasteiger partial charge on any atom is 0.203 e. The number of nitrogens with zero attached hydrogens (tertiary/aromatic N) is 1. The molecule has 4 heteroatoms. The van der Waals surface area contributed by atoms with Gasteiger partial charge in [0.25, 0.3) is 0 Å². The molecule has 3 rings (SSSR count). The van der Waals surface area contributed by atoms with E-state index in [1.165, 1.54) is 11.8 Å². The number of sulfone groups is 1. The van der Waals surface area contributed by atoms with E-state index in [0.717, 1.165) is 37.2 Å². The highest BCUT2D eigenvalue weighted by atomic mass is 32.2. The Labute approximate surface area is 102 Å². The van der Waals surface area contributed by atoms with Crippen LogP contribution in [0, 0.1) is 0 Å². The molecule has 0 N–H and O–H groups in total. The summed E-state index contributed by atoms with van der Waals surface area (Å²) < 4.78 is 24.3. The molecule has 0 aliphatic carbocycles. The largest absolute Gasteiger partial charge is 0.343 e. The molecule has 3 nitrogen and oxygen atoms in total. The van der Waals surface area contributed by atoms with Crippen LogP contribution in [0.4, 0.5) is 5.69 Å². The predicted octanol–water partition coefficient (Wildman–Crippen LogP) is 2.70. The van der Waals surface area contributed by atoms with E-state index >= 15 is 0 Å². The first-order chi connectivity index (χ1) is 8.18. The first kappa shape index (κ1) is 10.8. The van der Waals surface area contributed by atoms with Crippen molar-refractivity contribution in [3.63, 3.8) is 0 Å². The number of allylic oxidation sites excluding steroid dienone is 1. The molecule has 0 atom stereocenters. The van der Waals surface area contributed by atoms with Gasteiger partial charge < -0.3 is 4.90 Å². The van der Waals surface area contributed by atoms with Crippen molar-refractivity contribution in [2.24, 2.45) is 0 Å². The van der Waals surface area contributed by atoms with Gasteiger partial charge in [-0.2, -0.15) is 0 Å². The second-order valence-electron chi connectivity index (χ2n) is 4.58. The summed E-state index contributed by atoms with van der Waals surface area (Å²) in [5.41, 5.74) is 1.81. The van der Waals surface area contributed by atoms with Crippen LogP contribution in [0.25, 0.3) is 0 Å². The monoisotopic (exact) mass is 249 g/mol. The van der Waals surface area contributed by atoms with Crippen LogP contribution in [0.2, 0.25) is 0 Å². The SMILES string of the molecule is O=S1(=O)C=C2CCCCCN2c2ccccc21. The number of fused-ring (bicyclic) bond motifs is 3. The van der Waals surface area contributed by atoms with Gasteiger partial charge in [-0.25, -0.2) is 8.42 Å². The van der Waals surface area contributed by atoms with Gasteiger partial charge in [0.2, 0.25) is 9.84 Å². The number of benzene rings is 1. The highest BCUT2D eigenvalue weighted by Crippen LogP contribution is 2.37. The lowest BCUT2D eigenvalue weighted by Gasteiger charge is -2.30. The molecule has 0 aromatic heterocycles. The summed E-state index contributed by atoms with van der Waals surface area (Å²) in [7, 11) is -3.23. The normalized spacial score (nSPS) is 22.1. The van der Waals surface area contributed by atoms with Crippen LogP contribution in [-0.2, 0) is 9.84 Å². The number of rotatable bonds is 0. The van der Waals surface area contributed by atoms with Crippen molar-refractivity contribution in [3.05, 3.63) is 35.4 Å². The second-order valence-corrected chi connectivity index (χ2v) is 6.35. The first-order valence-corrected chi connectivity index (χ1v) is 7.55. The molecule has 90 valence electrons. The van der Waals surface area contributed by atoms with Gasteiger partial charge in [0.05, 0.1) is 16.0 Å². The second kappa shape index (κ2) is 3.88. The Morgan fingerprint density at radius 2 is 1.88 bits per heavy atom. The van der Waals surface area contributed by atoms with Crippen LogP contribution in [-0.4, -0.2) is 15.0 Å². The average molecular weight is 249 g/mol.